The molecule has 3 aromatic rings. The Balaban J connectivity index is 1.47. The molecule has 0 unspecified atom stereocenters. The molecule has 6 N–H and O–H groups in total. The number of carbonyl (C=O) groups is 1. The smallest absolute Gasteiger partial charge is 0.228 e. The van der Waals surface area contributed by atoms with Gasteiger partial charge in [0.1, 0.15) is 0 Å². The van der Waals surface area contributed by atoms with Crippen molar-refractivity contribution in [2.24, 2.45) is 5.73 Å². The van der Waals surface area contributed by atoms with E-state index in [0.29, 0.717) is 30.3 Å². The molecule has 1 atom stereocenters. The molecule has 1 amide bonds. The van der Waals surface area contributed by atoms with Gasteiger partial charge in [-0.25, -0.2) is 9.97 Å². The molecule has 2 aromatic carbocycles. The number of rotatable bonds is 6. The molecule has 1 aliphatic heterocycles. The van der Waals surface area contributed by atoms with Crippen LogP contribution in [0.1, 0.15) is 11.1 Å². The fraction of sp³-hybridized carbons (Fsp3) is 0.190. The first kappa shape index (κ1) is 17.9. The van der Waals surface area contributed by atoms with Crippen molar-refractivity contribution < 1.29 is 4.79 Å². The van der Waals surface area contributed by atoms with E-state index >= 15 is 0 Å². The van der Waals surface area contributed by atoms with Gasteiger partial charge in [-0.1, -0.05) is 36.4 Å². The van der Waals surface area contributed by atoms with Crippen LogP contribution in [0.3, 0.4) is 0 Å². The van der Waals surface area contributed by atoms with Crippen LogP contribution in [-0.4, -0.2) is 28.5 Å². The van der Waals surface area contributed by atoms with E-state index < -0.39 is 0 Å². The highest BCUT2D eigenvalue weighted by molar-refractivity contribution is 5.99. The molecule has 0 saturated carbocycles. The molecule has 7 nitrogen and oxygen atoms in total. The minimum Gasteiger partial charge on any atom is -0.381 e. The van der Waals surface area contributed by atoms with Crippen LogP contribution in [0.25, 0.3) is 11.3 Å². The van der Waals surface area contributed by atoms with E-state index in [2.05, 4.69) is 32.7 Å². The predicted molar refractivity (Wildman–Crippen MR) is 111 cm³/mol. The van der Waals surface area contributed by atoms with Gasteiger partial charge in [0.05, 0.1) is 18.3 Å². The topological polar surface area (TPSA) is 119 Å². The predicted octanol–water partition coefficient (Wildman–Crippen LogP) is 2.20. The molecule has 0 fully saturated rings. The number of anilines is 3. The third-order valence-corrected chi connectivity index (χ3v) is 4.70. The van der Waals surface area contributed by atoms with Crippen molar-refractivity contribution in [3.63, 3.8) is 0 Å². The van der Waals surface area contributed by atoms with Crippen LogP contribution in [0.15, 0.2) is 54.7 Å². The average molecular weight is 374 g/mol. The lowest BCUT2D eigenvalue weighted by atomic mass is 10.1. The number of benzene rings is 2. The standard InChI is InChI=1S/C21H22N6O/c22-16(8-13-4-2-1-3-5-13)11-25-21-20(23)24-12-18(27-21)14-6-7-17-15(9-14)10-19(28)26-17/h1-7,9,12,16H,8,10-11,22H2,(H2,23,24)(H,25,27)(H,26,28)/t16-/m1/s1. The molecule has 0 aliphatic carbocycles. The van der Waals surface area contributed by atoms with Gasteiger partial charge in [-0.05, 0) is 29.7 Å². The largest absolute Gasteiger partial charge is 0.381 e. The summed E-state index contributed by atoms with van der Waals surface area (Å²) >= 11 is 0. The van der Waals surface area contributed by atoms with E-state index in [0.717, 1.165) is 23.2 Å². The number of nitrogen functional groups attached to an aromatic ring is 1. The van der Waals surface area contributed by atoms with Crippen LogP contribution < -0.4 is 22.1 Å². The molecule has 142 valence electrons. The fourth-order valence-corrected chi connectivity index (χ4v) is 3.27. The Morgan fingerprint density at radius 2 is 2.00 bits per heavy atom. The van der Waals surface area contributed by atoms with Crippen molar-refractivity contribution in [3.8, 4) is 11.3 Å². The second-order valence-corrected chi connectivity index (χ2v) is 6.92. The highest BCUT2D eigenvalue weighted by atomic mass is 16.1. The molecule has 7 heteroatoms. The summed E-state index contributed by atoms with van der Waals surface area (Å²) in [4.78, 5) is 20.4. The zero-order chi connectivity index (χ0) is 19.5. The van der Waals surface area contributed by atoms with Gasteiger partial charge in [0.2, 0.25) is 5.91 Å². The van der Waals surface area contributed by atoms with Gasteiger partial charge >= 0.3 is 0 Å². The van der Waals surface area contributed by atoms with Gasteiger partial charge in [-0.2, -0.15) is 0 Å². The van der Waals surface area contributed by atoms with Crippen molar-refractivity contribution in [2.75, 3.05) is 22.9 Å². The molecular formula is C21H22N6O. The monoisotopic (exact) mass is 374 g/mol. The Bertz CT molecular complexity index is 1010. The van der Waals surface area contributed by atoms with Crippen LogP contribution in [0.5, 0.6) is 0 Å². The number of nitrogens with one attached hydrogen (secondary N) is 2. The van der Waals surface area contributed by atoms with Crippen LogP contribution in [-0.2, 0) is 17.6 Å². The normalized spacial score (nSPS) is 13.7. The number of aromatic nitrogens is 2. The Morgan fingerprint density at radius 1 is 1.18 bits per heavy atom. The van der Waals surface area contributed by atoms with E-state index in [4.69, 9.17) is 11.5 Å². The van der Waals surface area contributed by atoms with E-state index in [1.54, 1.807) is 6.20 Å². The molecular weight excluding hydrogens is 352 g/mol. The maximum atomic E-state index is 11.5. The summed E-state index contributed by atoms with van der Waals surface area (Å²) in [5.41, 5.74) is 16.8. The average Bonchev–Trinajstić information content (AvgIpc) is 3.07. The van der Waals surface area contributed by atoms with E-state index in [9.17, 15) is 4.79 Å². The van der Waals surface area contributed by atoms with Gasteiger partial charge in [0.25, 0.3) is 0 Å². The molecule has 2 heterocycles. The number of amides is 1. The summed E-state index contributed by atoms with van der Waals surface area (Å²) in [7, 11) is 0. The van der Waals surface area contributed by atoms with Crippen molar-refractivity contribution in [1.29, 1.82) is 0 Å². The third-order valence-electron chi connectivity index (χ3n) is 4.70. The maximum Gasteiger partial charge on any atom is 0.228 e. The molecule has 0 spiro atoms. The molecule has 0 saturated heterocycles. The summed E-state index contributed by atoms with van der Waals surface area (Å²) in [6, 6.07) is 15.8. The lowest BCUT2D eigenvalue weighted by molar-refractivity contribution is -0.115. The number of fused-ring (bicyclic) bond motifs is 1. The summed E-state index contributed by atoms with van der Waals surface area (Å²) in [5.74, 6) is 0.842. The molecule has 4 rings (SSSR count). The second-order valence-electron chi connectivity index (χ2n) is 6.92. The van der Waals surface area contributed by atoms with E-state index in [-0.39, 0.29) is 11.9 Å². The van der Waals surface area contributed by atoms with E-state index in [1.165, 1.54) is 5.56 Å². The Labute approximate surface area is 163 Å². The molecule has 1 aliphatic rings. The third kappa shape index (κ3) is 3.94. The molecule has 1 aromatic heterocycles. The quantitative estimate of drug-likeness (QED) is 0.525. The lowest BCUT2D eigenvalue weighted by Gasteiger charge is -2.15. The first-order valence-electron chi connectivity index (χ1n) is 9.17. The Kier molecular flexibility index (Phi) is 4.90. The highest BCUT2D eigenvalue weighted by Crippen LogP contribution is 2.29. The van der Waals surface area contributed by atoms with Gasteiger partial charge in [-0.3, -0.25) is 4.79 Å². The number of hydrogen-bond donors (Lipinski definition) is 4. The summed E-state index contributed by atoms with van der Waals surface area (Å²) in [6.45, 7) is 0.528. The van der Waals surface area contributed by atoms with Crippen molar-refractivity contribution in [1.82, 2.24) is 9.97 Å². The summed E-state index contributed by atoms with van der Waals surface area (Å²) in [5, 5.41) is 6.04. The summed E-state index contributed by atoms with van der Waals surface area (Å²) < 4.78 is 0. The van der Waals surface area contributed by atoms with Gasteiger partial charge in [0, 0.05) is 23.8 Å². The number of carbonyl (C=O) groups excluding carboxylic acids is 1. The van der Waals surface area contributed by atoms with Crippen molar-refractivity contribution in [3.05, 3.63) is 65.9 Å². The zero-order valence-electron chi connectivity index (χ0n) is 15.4. The van der Waals surface area contributed by atoms with Crippen molar-refractivity contribution >= 4 is 23.2 Å². The molecule has 0 radical (unpaired) electrons. The lowest BCUT2D eigenvalue weighted by Crippen LogP contribution is -2.31. The Morgan fingerprint density at radius 3 is 2.82 bits per heavy atom. The zero-order valence-corrected chi connectivity index (χ0v) is 15.4. The number of hydrogen-bond acceptors (Lipinski definition) is 6. The summed E-state index contributed by atoms with van der Waals surface area (Å²) in [6.07, 6.45) is 2.77. The van der Waals surface area contributed by atoms with Gasteiger partial charge in [0.15, 0.2) is 11.6 Å². The SMILES string of the molecule is Nc1ncc(-c2ccc3c(c2)CC(=O)N3)nc1NC[C@H](N)Cc1ccccc1. The Hall–Kier alpha value is -3.45. The highest BCUT2D eigenvalue weighted by Gasteiger charge is 2.18. The van der Waals surface area contributed by atoms with Crippen molar-refractivity contribution in [2.45, 2.75) is 18.9 Å². The first-order valence-corrected chi connectivity index (χ1v) is 9.17. The molecule has 28 heavy (non-hydrogen) atoms. The van der Waals surface area contributed by atoms with Gasteiger partial charge in [-0.15, -0.1) is 0 Å². The number of nitrogens with two attached hydrogens (primary N) is 2. The molecule has 0 bridgehead atoms. The fourth-order valence-electron chi connectivity index (χ4n) is 3.27. The maximum absolute atomic E-state index is 11.5. The van der Waals surface area contributed by atoms with E-state index in [1.807, 2.05) is 36.4 Å². The van der Waals surface area contributed by atoms with Crippen LogP contribution in [0, 0.1) is 0 Å². The minimum absolute atomic E-state index is 0.00491. The van der Waals surface area contributed by atoms with Crippen LogP contribution in [0.4, 0.5) is 17.3 Å². The number of nitrogens with zero attached hydrogens (tertiary/aromatic N) is 2. The first-order chi connectivity index (χ1) is 13.6. The van der Waals surface area contributed by atoms with Crippen LogP contribution >= 0.6 is 0 Å². The van der Waals surface area contributed by atoms with Gasteiger partial charge < -0.3 is 22.1 Å². The minimum atomic E-state index is -0.0793. The second kappa shape index (κ2) is 7.66. The van der Waals surface area contributed by atoms with Crippen LogP contribution in [0.2, 0.25) is 0 Å².